The van der Waals surface area contributed by atoms with Crippen LogP contribution in [0.2, 0.25) is 0 Å². The maximum atomic E-state index is 12.7. The molecular weight excluding hydrogens is 388 g/mol. The highest BCUT2D eigenvalue weighted by molar-refractivity contribution is 8.02. The minimum atomic E-state index is -0.511. The molecule has 0 aliphatic carbocycles. The van der Waals surface area contributed by atoms with Crippen LogP contribution in [-0.4, -0.2) is 28.8 Å². The zero-order valence-electron chi connectivity index (χ0n) is 16.2. The van der Waals surface area contributed by atoms with Gasteiger partial charge in [0.2, 0.25) is 11.8 Å². The van der Waals surface area contributed by atoms with E-state index < -0.39 is 6.04 Å². The first-order valence-electron chi connectivity index (χ1n) is 9.44. The van der Waals surface area contributed by atoms with Crippen LogP contribution in [0.15, 0.2) is 46.0 Å². The van der Waals surface area contributed by atoms with Crippen molar-refractivity contribution in [1.29, 1.82) is 0 Å². The molecule has 8 heteroatoms. The fourth-order valence-electron chi connectivity index (χ4n) is 3.47. The molecule has 1 aromatic heterocycles. The first-order valence-corrected chi connectivity index (χ1v) is 10.5. The molecule has 1 fully saturated rings. The number of benzene rings is 1. The second kappa shape index (κ2) is 8.16. The summed E-state index contributed by atoms with van der Waals surface area (Å²) in [5.41, 5.74) is 5.00. The van der Waals surface area contributed by atoms with Gasteiger partial charge in [0.15, 0.2) is 0 Å². The Hall–Kier alpha value is -3.00. The van der Waals surface area contributed by atoms with Gasteiger partial charge in [0.05, 0.1) is 17.1 Å². The molecule has 1 aromatic carbocycles. The number of rotatable bonds is 5. The lowest BCUT2D eigenvalue weighted by molar-refractivity contribution is -0.122. The maximum Gasteiger partial charge on any atom is 0.247 e. The van der Waals surface area contributed by atoms with Gasteiger partial charge in [0.1, 0.15) is 11.8 Å². The molecule has 2 aliphatic rings. The Morgan fingerprint density at radius 2 is 2.17 bits per heavy atom. The highest BCUT2D eigenvalue weighted by Crippen LogP contribution is 2.34. The number of carbonyl (C=O) groups is 2. The molecule has 0 radical (unpaired) electrons. The highest BCUT2D eigenvalue weighted by atomic mass is 32.2. The van der Waals surface area contributed by atoms with E-state index in [9.17, 15) is 9.59 Å². The average Bonchev–Trinajstić information content (AvgIpc) is 3.29. The van der Waals surface area contributed by atoms with E-state index in [1.165, 1.54) is 0 Å². The van der Waals surface area contributed by atoms with Gasteiger partial charge < -0.3 is 20.5 Å². The summed E-state index contributed by atoms with van der Waals surface area (Å²) >= 11 is 1.72. The van der Waals surface area contributed by atoms with Crippen LogP contribution in [0.1, 0.15) is 24.3 Å². The first-order chi connectivity index (χ1) is 14.0. The fraction of sp³-hybridized carbons (Fsp3) is 0.286. The van der Waals surface area contributed by atoms with Gasteiger partial charge in [-0.3, -0.25) is 9.59 Å². The van der Waals surface area contributed by atoms with E-state index in [4.69, 9.17) is 4.52 Å². The van der Waals surface area contributed by atoms with E-state index in [1.807, 2.05) is 43.5 Å². The van der Waals surface area contributed by atoms with Gasteiger partial charge in [-0.05, 0) is 49.4 Å². The van der Waals surface area contributed by atoms with E-state index in [2.05, 4.69) is 27.2 Å². The lowest BCUT2D eigenvalue weighted by Crippen LogP contribution is -2.37. The van der Waals surface area contributed by atoms with E-state index >= 15 is 0 Å². The van der Waals surface area contributed by atoms with E-state index in [0.717, 1.165) is 39.7 Å². The zero-order valence-corrected chi connectivity index (χ0v) is 17.1. The Morgan fingerprint density at radius 1 is 1.31 bits per heavy atom. The van der Waals surface area contributed by atoms with Crippen molar-refractivity contribution in [2.45, 2.75) is 32.7 Å². The summed E-state index contributed by atoms with van der Waals surface area (Å²) in [5, 5.41) is 15.1. The number of hydrogen-bond acceptors (Lipinski definition) is 6. The number of allylic oxidation sites excluding steroid dienone is 1. The van der Waals surface area contributed by atoms with E-state index in [-0.39, 0.29) is 11.8 Å². The zero-order chi connectivity index (χ0) is 20.4. The van der Waals surface area contributed by atoms with Crippen LogP contribution in [0.3, 0.4) is 0 Å². The molecule has 1 atom stereocenters. The number of amides is 2. The Morgan fingerprint density at radius 3 is 2.83 bits per heavy atom. The standard InChI is InChI=1S/C21H22N4O3S/c1-12-20(13(2)28-25-12)14-3-4-16(22-15-7-9-29-10-8-15)18(11-14)24-21(27)17-5-6-19(26)23-17/h3-4,7-9,11,17,22H,5-6,10H2,1-2H3,(H,23,26)(H,24,27)/t17-/m0/s1. The number of hydrogen-bond donors (Lipinski definition) is 3. The first kappa shape index (κ1) is 19.3. The van der Waals surface area contributed by atoms with Crippen molar-refractivity contribution in [2.24, 2.45) is 0 Å². The molecule has 3 heterocycles. The summed E-state index contributed by atoms with van der Waals surface area (Å²) in [5.74, 6) is 1.30. The van der Waals surface area contributed by atoms with Crippen LogP contribution in [0.5, 0.6) is 0 Å². The topological polar surface area (TPSA) is 96.3 Å². The molecule has 7 nitrogen and oxygen atoms in total. The van der Waals surface area contributed by atoms with Crippen molar-refractivity contribution in [2.75, 3.05) is 16.4 Å². The van der Waals surface area contributed by atoms with Crippen molar-refractivity contribution in [3.63, 3.8) is 0 Å². The number of nitrogens with zero attached hydrogens (tertiary/aromatic N) is 1. The molecule has 0 spiro atoms. The van der Waals surface area contributed by atoms with E-state index in [1.54, 1.807) is 11.8 Å². The van der Waals surface area contributed by atoms with Crippen molar-refractivity contribution in [3.8, 4) is 11.1 Å². The Labute approximate surface area is 173 Å². The van der Waals surface area contributed by atoms with Gasteiger partial charge in [-0.1, -0.05) is 17.3 Å². The number of nitrogens with one attached hydrogen (secondary N) is 3. The molecular formula is C21H22N4O3S. The summed E-state index contributed by atoms with van der Waals surface area (Å²) in [6.07, 6.45) is 4.97. The van der Waals surface area contributed by atoms with Crippen LogP contribution in [0, 0.1) is 13.8 Å². The van der Waals surface area contributed by atoms with Gasteiger partial charge in [-0.25, -0.2) is 0 Å². The number of aromatic nitrogens is 1. The number of anilines is 2. The lowest BCUT2D eigenvalue weighted by Gasteiger charge is -2.18. The Bertz CT molecular complexity index is 1010. The molecule has 0 saturated carbocycles. The largest absolute Gasteiger partial charge is 0.361 e. The predicted octanol–water partition coefficient (Wildman–Crippen LogP) is 3.73. The minimum absolute atomic E-state index is 0.0945. The minimum Gasteiger partial charge on any atom is -0.361 e. The van der Waals surface area contributed by atoms with Crippen LogP contribution in [0.25, 0.3) is 11.1 Å². The number of carbonyl (C=O) groups excluding carboxylic acids is 2. The van der Waals surface area contributed by atoms with Crippen molar-refractivity contribution in [3.05, 3.63) is 52.9 Å². The maximum absolute atomic E-state index is 12.7. The van der Waals surface area contributed by atoms with Gasteiger partial charge in [-0.2, -0.15) is 0 Å². The van der Waals surface area contributed by atoms with Gasteiger partial charge in [0.25, 0.3) is 0 Å². The molecule has 3 N–H and O–H groups in total. The van der Waals surface area contributed by atoms with Crippen LogP contribution in [-0.2, 0) is 9.59 Å². The third-order valence-electron chi connectivity index (χ3n) is 4.93. The van der Waals surface area contributed by atoms with Gasteiger partial charge in [0, 0.05) is 23.4 Å². The SMILES string of the molecule is Cc1noc(C)c1-c1ccc(NC2=CCSC=C2)c(NC(=O)[C@@H]2CCC(=O)N2)c1. The van der Waals surface area contributed by atoms with Crippen LogP contribution >= 0.6 is 11.8 Å². The van der Waals surface area contributed by atoms with Gasteiger partial charge in [-0.15, -0.1) is 11.8 Å². The average molecular weight is 410 g/mol. The van der Waals surface area contributed by atoms with Crippen molar-refractivity contribution < 1.29 is 14.1 Å². The quantitative estimate of drug-likeness (QED) is 0.695. The molecule has 1 saturated heterocycles. The monoisotopic (exact) mass is 410 g/mol. The predicted molar refractivity (Wildman–Crippen MR) is 115 cm³/mol. The van der Waals surface area contributed by atoms with Crippen LogP contribution < -0.4 is 16.0 Å². The van der Waals surface area contributed by atoms with Crippen LogP contribution in [0.4, 0.5) is 11.4 Å². The fourth-order valence-corrected chi connectivity index (χ4v) is 4.10. The number of thioether (sulfide) groups is 1. The summed E-state index contributed by atoms with van der Waals surface area (Å²) in [7, 11) is 0. The van der Waals surface area contributed by atoms with Crippen molar-refractivity contribution in [1.82, 2.24) is 10.5 Å². The third kappa shape index (κ3) is 4.22. The van der Waals surface area contributed by atoms with E-state index in [0.29, 0.717) is 18.5 Å². The third-order valence-corrected chi connectivity index (χ3v) is 5.62. The summed E-state index contributed by atoms with van der Waals surface area (Å²) < 4.78 is 5.29. The number of aryl methyl sites for hydroxylation is 2. The molecule has 2 aliphatic heterocycles. The second-order valence-corrected chi connectivity index (χ2v) is 7.97. The van der Waals surface area contributed by atoms with Gasteiger partial charge >= 0.3 is 0 Å². The normalized spacial score (nSPS) is 18.3. The molecule has 0 bridgehead atoms. The lowest BCUT2D eigenvalue weighted by atomic mass is 10.0. The summed E-state index contributed by atoms with van der Waals surface area (Å²) in [4.78, 5) is 24.2. The summed E-state index contributed by atoms with van der Waals surface area (Å²) in [6.45, 7) is 3.75. The Balaban J connectivity index is 1.66. The smallest absolute Gasteiger partial charge is 0.247 e. The molecule has 2 aromatic rings. The molecule has 4 rings (SSSR count). The molecule has 2 amide bonds. The Kier molecular flexibility index (Phi) is 5.44. The summed E-state index contributed by atoms with van der Waals surface area (Å²) in [6, 6.07) is 5.30. The second-order valence-electron chi connectivity index (χ2n) is 7.03. The molecule has 150 valence electrons. The molecule has 29 heavy (non-hydrogen) atoms. The van der Waals surface area contributed by atoms with Crippen molar-refractivity contribution >= 4 is 35.0 Å². The highest BCUT2D eigenvalue weighted by Gasteiger charge is 2.28. The molecule has 0 unspecified atom stereocenters.